The number of aromatic amines is 1. The molecule has 0 radical (unpaired) electrons. The van der Waals surface area contributed by atoms with Crippen molar-refractivity contribution in [1.29, 1.82) is 0 Å². The van der Waals surface area contributed by atoms with Gasteiger partial charge in [-0.05, 0) is 53.8 Å². The predicted molar refractivity (Wildman–Crippen MR) is 132 cm³/mol. The number of nitrogens with zero attached hydrogens (tertiary/aromatic N) is 1. The van der Waals surface area contributed by atoms with E-state index in [1.807, 2.05) is 55.5 Å². The molecule has 0 aliphatic carbocycles. The van der Waals surface area contributed by atoms with Gasteiger partial charge < -0.3 is 19.9 Å². The number of H-pyrrole nitrogens is 1. The number of aromatic nitrogens is 1. The number of nitrogens with one attached hydrogen (secondary N) is 2. The number of carbonyl (C=O) groups is 1. The first-order chi connectivity index (χ1) is 15.9. The van der Waals surface area contributed by atoms with Gasteiger partial charge in [-0.2, -0.15) is 0 Å². The Morgan fingerprint density at radius 2 is 1.79 bits per heavy atom. The van der Waals surface area contributed by atoms with Gasteiger partial charge in [0.05, 0.1) is 24.9 Å². The Hall–Kier alpha value is -3.77. The summed E-state index contributed by atoms with van der Waals surface area (Å²) in [4.78, 5) is 30.7. The highest BCUT2D eigenvalue weighted by Gasteiger charge is 2.18. The van der Waals surface area contributed by atoms with Gasteiger partial charge in [0.15, 0.2) is 0 Å². The van der Waals surface area contributed by atoms with E-state index in [0.717, 1.165) is 22.0 Å². The number of methoxy groups -OCH3 is 1. The highest BCUT2D eigenvalue weighted by molar-refractivity contribution is 6.30. The lowest BCUT2D eigenvalue weighted by Gasteiger charge is -2.24. The van der Waals surface area contributed by atoms with Crippen LogP contribution in [0.1, 0.15) is 16.7 Å². The number of rotatable bonds is 6. The van der Waals surface area contributed by atoms with Crippen LogP contribution in [0.15, 0.2) is 77.6 Å². The van der Waals surface area contributed by atoms with Crippen LogP contribution in [0.25, 0.3) is 10.9 Å². The molecular formula is C26H24ClN3O3. The Morgan fingerprint density at radius 3 is 2.55 bits per heavy atom. The van der Waals surface area contributed by atoms with E-state index in [1.54, 1.807) is 36.3 Å². The third kappa shape index (κ3) is 5.18. The van der Waals surface area contributed by atoms with E-state index in [0.29, 0.717) is 28.6 Å². The second-order valence-corrected chi connectivity index (χ2v) is 8.21. The van der Waals surface area contributed by atoms with Crippen LogP contribution in [0.3, 0.4) is 0 Å². The number of fused-ring (bicyclic) bond motifs is 1. The Labute approximate surface area is 196 Å². The van der Waals surface area contributed by atoms with Crippen molar-refractivity contribution in [3.8, 4) is 5.75 Å². The fourth-order valence-corrected chi connectivity index (χ4v) is 3.83. The molecule has 0 saturated heterocycles. The fraction of sp³-hybridized carbons (Fsp3) is 0.154. The zero-order valence-corrected chi connectivity index (χ0v) is 19.1. The molecule has 0 saturated carbocycles. The van der Waals surface area contributed by atoms with Gasteiger partial charge in [-0.25, -0.2) is 4.79 Å². The van der Waals surface area contributed by atoms with E-state index in [9.17, 15) is 9.59 Å². The van der Waals surface area contributed by atoms with Crippen molar-refractivity contribution >= 4 is 34.2 Å². The van der Waals surface area contributed by atoms with Crippen LogP contribution < -0.4 is 15.6 Å². The molecule has 1 aromatic heterocycles. The molecule has 3 aromatic carbocycles. The second kappa shape index (κ2) is 9.79. The number of urea groups is 1. The zero-order valence-electron chi connectivity index (χ0n) is 18.4. The first-order valence-corrected chi connectivity index (χ1v) is 10.9. The van der Waals surface area contributed by atoms with E-state index >= 15 is 0 Å². The molecule has 0 spiro atoms. The monoisotopic (exact) mass is 461 g/mol. The normalized spacial score (nSPS) is 10.8. The number of benzene rings is 3. The van der Waals surface area contributed by atoms with Crippen LogP contribution >= 0.6 is 11.6 Å². The van der Waals surface area contributed by atoms with Crippen molar-refractivity contribution in [2.24, 2.45) is 0 Å². The van der Waals surface area contributed by atoms with E-state index in [1.165, 1.54) is 0 Å². The molecule has 4 rings (SSSR count). The first-order valence-electron chi connectivity index (χ1n) is 10.5. The molecule has 2 N–H and O–H groups in total. The lowest BCUT2D eigenvalue weighted by Crippen LogP contribution is -2.35. The number of carbonyl (C=O) groups excluding carboxylic acids is 1. The smallest absolute Gasteiger partial charge is 0.322 e. The van der Waals surface area contributed by atoms with Gasteiger partial charge >= 0.3 is 6.03 Å². The van der Waals surface area contributed by atoms with Crippen molar-refractivity contribution in [1.82, 2.24) is 9.88 Å². The number of hydrogen-bond donors (Lipinski definition) is 2. The third-order valence-electron chi connectivity index (χ3n) is 5.45. The number of pyridine rings is 1. The van der Waals surface area contributed by atoms with Crippen molar-refractivity contribution in [2.75, 3.05) is 12.4 Å². The van der Waals surface area contributed by atoms with Crippen LogP contribution in [-0.2, 0) is 13.1 Å². The molecule has 0 fully saturated rings. The molecule has 2 amide bonds. The average molecular weight is 462 g/mol. The van der Waals surface area contributed by atoms with Gasteiger partial charge in [-0.15, -0.1) is 0 Å². The summed E-state index contributed by atoms with van der Waals surface area (Å²) in [5, 5.41) is 4.44. The number of amides is 2. The summed E-state index contributed by atoms with van der Waals surface area (Å²) in [6.07, 6.45) is 0. The van der Waals surface area contributed by atoms with Crippen LogP contribution in [0.2, 0.25) is 5.02 Å². The topological polar surface area (TPSA) is 74.4 Å². The van der Waals surface area contributed by atoms with E-state index < -0.39 is 0 Å². The standard InChI is InChI=1S/C26H24ClN3O3/c1-17-6-5-7-19-14-20(25(31)29-24(17)19)16-30(15-18-10-12-21(27)13-11-18)26(32)28-22-8-3-4-9-23(22)33-2/h3-14H,15-16H2,1-2H3,(H,28,32)(H,29,31). The van der Waals surface area contributed by atoms with Crippen molar-refractivity contribution < 1.29 is 9.53 Å². The van der Waals surface area contributed by atoms with Gasteiger partial charge in [-0.1, -0.05) is 54.1 Å². The summed E-state index contributed by atoms with van der Waals surface area (Å²) >= 11 is 6.02. The summed E-state index contributed by atoms with van der Waals surface area (Å²) < 4.78 is 5.35. The van der Waals surface area contributed by atoms with Crippen LogP contribution in [0.5, 0.6) is 5.75 Å². The average Bonchev–Trinajstić information content (AvgIpc) is 2.81. The molecule has 0 bridgehead atoms. The molecule has 168 valence electrons. The third-order valence-corrected chi connectivity index (χ3v) is 5.70. The van der Waals surface area contributed by atoms with E-state index in [2.05, 4.69) is 10.3 Å². The number of hydrogen-bond acceptors (Lipinski definition) is 3. The molecule has 1 heterocycles. The van der Waals surface area contributed by atoms with E-state index in [4.69, 9.17) is 16.3 Å². The molecular weight excluding hydrogens is 438 g/mol. The van der Waals surface area contributed by atoms with Crippen molar-refractivity contribution in [2.45, 2.75) is 20.0 Å². The van der Waals surface area contributed by atoms with Gasteiger partial charge in [0.25, 0.3) is 5.56 Å². The Balaban J connectivity index is 1.67. The summed E-state index contributed by atoms with van der Waals surface area (Å²) in [5.41, 5.74) is 3.51. The van der Waals surface area contributed by atoms with Gasteiger partial charge in [0.2, 0.25) is 0 Å². The maximum absolute atomic E-state index is 13.3. The van der Waals surface area contributed by atoms with Gasteiger partial charge in [-0.3, -0.25) is 4.79 Å². The number of anilines is 1. The minimum Gasteiger partial charge on any atom is -0.495 e. The Morgan fingerprint density at radius 1 is 1.03 bits per heavy atom. The maximum atomic E-state index is 13.3. The first kappa shape index (κ1) is 22.4. The highest BCUT2D eigenvalue weighted by Crippen LogP contribution is 2.24. The van der Waals surface area contributed by atoms with Crippen molar-refractivity contribution in [3.05, 3.63) is 105 Å². The fourth-order valence-electron chi connectivity index (χ4n) is 3.70. The van der Waals surface area contributed by atoms with Gasteiger partial charge in [0, 0.05) is 17.1 Å². The molecule has 0 unspecified atom stereocenters. The summed E-state index contributed by atoms with van der Waals surface area (Å²) in [5.74, 6) is 0.552. The van der Waals surface area contributed by atoms with E-state index in [-0.39, 0.29) is 18.1 Å². The maximum Gasteiger partial charge on any atom is 0.322 e. The van der Waals surface area contributed by atoms with Crippen LogP contribution in [-0.4, -0.2) is 23.0 Å². The second-order valence-electron chi connectivity index (χ2n) is 7.78. The predicted octanol–water partition coefficient (Wildman–Crippen LogP) is 5.73. The number of ether oxygens (including phenoxy) is 1. The Bertz CT molecular complexity index is 1350. The number of halogens is 1. The van der Waals surface area contributed by atoms with Crippen LogP contribution in [0.4, 0.5) is 10.5 Å². The lowest BCUT2D eigenvalue weighted by molar-refractivity contribution is 0.206. The minimum absolute atomic E-state index is 0.128. The summed E-state index contributed by atoms with van der Waals surface area (Å²) in [6.45, 7) is 2.37. The molecule has 6 nitrogen and oxygen atoms in total. The Kier molecular flexibility index (Phi) is 6.66. The summed E-state index contributed by atoms with van der Waals surface area (Å²) in [7, 11) is 1.55. The molecule has 0 aliphatic heterocycles. The molecule has 33 heavy (non-hydrogen) atoms. The minimum atomic E-state index is -0.349. The molecule has 0 aliphatic rings. The van der Waals surface area contributed by atoms with Crippen LogP contribution in [0, 0.1) is 6.92 Å². The van der Waals surface area contributed by atoms with Crippen molar-refractivity contribution in [3.63, 3.8) is 0 Å². The SMILES string of the molecule is COc1ccccc1NC(=O)N(Cc1ccc(Cl)cc1)Cc1cc2cccc(C)c2[nH]c1=O. The number of aryl methyl sites for hydroxylation is 1. The zero-order chi connectivity index (χ0) is 23.4. The molecule has 7 heteroatoms. The highest BCUT2D eigenvalue weighted by atomic mass is 35.5. The number of para-hydroxylation sites is 3. The quantitative estimate of drug-likeness (QED) is 0.385. The molecule has 4 aromatic rings. The molecule has 0 atom stereocenters. The lowest BCUT2D eigenvalue weighted by atomic mass is 10.1. The largest absolute Gasteiger partial charge is 0.495 e. The van der Waals surface area contributed by atoms with Gasteiger partial charge in [0.1, 0.15) is 5.75 Å². The summed E-state index contributed by atoms with van der Waals surface area (Å²) in [6, 6.07) is 21.8.